The Bertz CT molecular complexity index is 1010. The Labute approximate surface area is 147 Å². The number of aryl methyl sites for hydroxylation is 1. The predicted octanol–water partition coefficient (Wildman–Crippen LogP) is 3.51. The Kier molecular flexibility index (Phi) is 4.61. The number of nitrogens with one attached hydrogen (secondary N) is 1. The van der Waals surface area contributed by atoms with Crippen LogP contribution < -0.4 is 5.32 Å². The lowest BCUT2D eigenvalue weighted by Crippen LogP contribution is -2.10. The molecule has 9 nitrogen and oxygen atoms in total. The maximum Gasteiger partial charge on any atom is 0.283 e. The first-order valence-corrected chi connectivity index (χ1v) is 7.66. The van der Waals surface area contributed by atoms with Gasteiger partial charge in [-0.25, -0.2) is 0 Å². The van der Waals surface area contributed by atoms with Crippen LogP contribution in [0.25, 0.3) is 10.9 Å². The third kappa shape index (κ3) is 3.36. The number of para-hydroxylation sites is 1. The molecule has 0 unspecified atom stereocenters. The van der Waals surface area contributed by atoms with E-state index in [9.17, 15) is 20.0 Å². The number of aromatic hydroxyl groups is 1. The van der Waals surface area contributed by atoms with E-state index < -0.39 is 10.8 Å². The van der Waals surface area contributed by atoms with Crippen LogP contribution in [0.4, 0.5) is 17.1 Å². The molecule has 0 saturated carbocycles. The average molecular weight is 353 g/mol. The Hall–Kier alpha value is -3.75. The van der Waals surface area contributed by atoms with Gasteiger partial charge in [0.25, 0.3) is 11.6 Å². The number of aromatic nitrogens is 1. The zero-order chi connectivity index (χ0) is 18.7. The zero-order valence-electron chi connectivity index (χ0n) is 13.8. The number of non-ortho nitro benzene ring substituents is 1. The SMILES string of the molecule is Cn1c(O)c(N=NC(=O)CNc2ccccc2)c2cc([N+](=O)[O-])ccc21. The molecule has 3 aromatic rings. The molecule has 0 aliphatic rings. The van der Waals surface area contributed by atoms with Crippen LogP contribution in [-0.4, -0.2) is 27.0 Å². The molecule has 2 aromatic carbocycles. The van der Waals surface area contributed by atoms with Crippen molar-refractivity contribution in [2.75, 3.05) is 11.9 Å². The summed E-state index contributed by atoms with van der Waals surface area (Å²) in [6, 6.07) is 13.2. The quantitative estimate of drug-likeness (QED) is 0.413. The number of nitro groups is 1. The lowest BCUT2D eigenvalue weighted by Gasteiger charge is -2.01. The van der Waals surface area contributed by atoms with Gasteiger partial charge in [0.05, 0.1) is 17.0 Å². The van der Waals surface area contributed by atoms with Gasteiger partial charge in [-0.15, -0.1) is 10.2 Å². The van der Waals surface area contributed by atoms with Crippen molar-refractivity contribution in [2.45, 2.75) is 0 Å². The molecule has 0 fully saturated rings. The predicted molar refractivity (Wildman–Crippen MR) is 95.7 cm³/mol. The number of azo groups is 1. The van der Waals surface area contributed by atoms with E-state index in [2.05, 4.69) is 15.5 Å². The van der Waals surface area contributed by atoms with Crippen molar-refractivity contribution in [3.63, 3.8) is 0 Å². The number of amides is 1. The van der Waals surface area contributed by atoms with E-state index in [0.717, 1.165) is 5.69 Å². The Morgan fingerprint density at radius 1 is 1.27 bits per heavy atom. The van der Waals surface area contributed by atoms with Gasteiger partial charge >= 0.3 is 0 Å². The van der Waals surface area contributed by atoms with E-state index >= 15 is 0 Å². The number of nitro benzene ring substituents is 1. The topological polar surface area (TPSA) is 122 Å². The fourth-order valence-corrected chi connectivity index (χ4v) is 2.49. The highest BCUT2D eigenvalue weighted by Crippen LogP contribution is 2.39. The summed E-state index contributed by atoms with van der Waals surface area (Å²) in [6.45, 7) is -0.0702. The Morgan fingerprint density at radius 3 is 2.69 bits per heavy atom. The minimum atomic E-state index is -0.546. The molecule has 0 bridgehead atoms. The number of fused-ring (bicyclic) bond motifs is 1. The molecule has 0 aliphatic carbocycles. The van der Waals surface area contributed by atoms with Crippen LogP contribution in [0.3, 0.4) is 0 Å². The van der Waals surface area contributed by atoms with Gasteiger partial charge in [-0.05, 0) is 18.2 Å². The Morgan fingerprint density at radius 2 is 2.00 bits per heavy atom. The number of carbonyl (C=O) groups is 1. The number of carbonyl (C=O) groups excluding carboxylic acids is 1. The van der Waals surface area contributed by atoms with E-state index in [0.29, 0.717) is 10.9 Å². The molecule has 0 atom stereocenters. The molecular formula is C17H15N5O4. The summed E-state index contributed by atoms with van der Waals surface area (Å²) in [4.78, 5) is 22.3. The van der Waals surface area contributed by atoms with Gasteiger partial charge in [-0.3, -0.25) is 14.9 Å². The van der Waals surface area contributed by atoms with Crippen LogP contribution in [-0.2, 0) is 11.8 Å². The maximum absolute atomic E-state index is 11.9. The smallest absolute Gasteiger partial charge is 0.283 e. The summed E-state index contributed by atoms with van der Waals surface area (Å²) in [5.74, 6) is -0.774. The first kappa shape index (κ1) is 17.1. The molecular weight excluding hydrogens is 338 g/mol. The molecule has 1 amide bonds. The van der Waals surface area contributed by atoms with Crippen molar-refractivity contribution in [3.05, 3.63) is 58.6 Å². The average Bonchev–Trinajstić information content (AvgIpc) is 2.89. The second-order valence-corrected chi connectivity index (χ2v) is 5.50. The van der Waals surface area contributed by atoms with Crippen molar-refractivity contribution in [1.82, 2.24) is 4.57 Å². The monoisotopic (exact) mass is 353 g/mol. The van der Waals surface area contributed by atoms with Crippen molar-refractivity contribution in [2.24, 2.45) is 17.3 Å². The van der Waals surface area contributed by atoms with E-state index in [-0.39, 0.29) is 23.8 Å². The summed E-state index contributed by atoms with van der Waals surface area (Å²) >= 11 is 0. The highest BCUT2D eigenvalue weighted by molar-refractivity contribution is 5.96. The third-order valence-corrected chi connectivity index (χ3v) is 3.82. The molecule has 1 heterocycles. The first-order chi connectivity index (χ1) is 12.5. The summed E-state index contributed by atoms with van der Waals surface area (Å²) < 4.78 is 1.42. The second kappa shape index (κ2) is 7.01. The number of benzene rings is 2. The molecule has 0 saturated heterocycles. The first-order valence-electron chi connectivity index (χ1n) is 7.66. The normalized spacial score (nSPS) is 11.1. The van der Waals surface area contributed by atoms with Crippen LogP contribution >= 0.6 is 0 Å². The molecule has 9 heteroatoms. The fraction of sp³-hybridized carbons (Fsp3) is 0.118. The Balaban J connectivity index is 1.84. The van der Waals surface area contributed by atoms with Crippen molar-refractivity contribution < 1.29 is 14.8 Å². The standard InChI is InChI=1S/C17H15N5O4/c1-21-14-8-7-12(22(25)26)9-13(14)16(17(21)24)20-19-15(23)10-18-11-5-3-2-4-6-11/h2-9,18,24H,10H2,1H3. The molecule has 3 rings (SSSR count). The fourth-order valence-electron chi connectivity index (χ4n) is 2.49. The van der Waals surface area contributed by atoms with Crippen LogP contribution in [0.1, 0.15) is 0 Å². The van der Waals surface area contributed by atoms with Gasteiger partial charge in [-0.2, -0.15) is 0 Å². The largest absolute Gasteiger partial charge is 0.493 e. The van der Waals surface area contributed by atoms with Gasteiger partial charge in [0, 0.05) is 30.3 Å². The summed E-state index contributed by atoms with van der Waals surface area (Å²) in [7, 11) is 1.58. The number of rotatable bonds is 5. The van der Waals surface area contributed by atoms with Crippen LogP contribution in [0, 0.1) is 10.1 Å². The van der Waals surface area contributed by atoms with Gasteiger partial charge in [0.1, 0.15) is 0 Å². The molecule has 1 aromatic heterocycles. The summed E-state index contributed by atoms with van der Waals surface area (Å²) in [6.07, 6.45) is 0. The highest BCUT2D eigenvalue weighted by Gasteiger charge is 2.18. The zero-order valence-corrected chi connectivity index (χ0v) is 13.8. The maximum atomic E-state index is 11.9. The minimum Gasteiger partial charge on any atom is -0.493 e. The van der Waals surface area contributed by atoms with Gasteiger partial charge in [0.15, 0.2) is 5.69 Å². The summed E-state index contributed by atoms with van der Waals surface area (Å²) in [5.41, 5.74) is 1.17. The van der Waals surface area contributed by atoms with E-state index in [1.807, 2.05) is 18.2 Å². The molecule has 0 radical (unpaired) electrons. The van der Waals surface area contributed by atoms with E-state index in [4.69, 9.17) is 0 Å². The lowest BCUT2D eigenvalue weighted by molar-refractivity contribution is -0.384. The molecule has 132 valence electrons. The number of nitrogens with zero attached hydrogens (tertiary/aromatic N) is 4. The van der Waals surface area contributed by atoms with Crippen LogP contribution in [0.5, 0.6) is 5.88 Å². The van der Waals surface area contributed by atoms with Crippen molar-refractivity contribution >= 4 is 33.9 Å². The molecule has 2 N–H and O–H groups in total. The van der Waals surface area contributed by atoms with Crippen molar-refractivity contribution in [1.29, 1.82) is 0 Å². The van der Waals surface area contributed by atoms with Gasteiger partial charge in [0.2, 0.25) is 5.88 Å². The van der Waals surface area contributed by atoms with E-state index in [1.54, 1.807) is 19.2 Å². The highest BCUT2D eigenvalue weighted by atomic mass is 16.6. The van der Waals surface area contributed by atoms with Crippen molar-refractivity contribution in [3.8, 4) is 5.88 Å². The molecule has 0 spiro atoms. The number of anilines is 1. The summed E-state index contributed by atoms with van der Waals surface area (Å²) in [5, 5.41) is 31.8. The van der Waals surface area contributed by atoms with E-state index in [1.165, 1.54) is 22.8 Å². The van der Waals surface area contributed by atoms with Gasteiger partial charge in [-0.1, -0.05) is 18.2 Å². The molecule has 26 heavy (non-hydrogen) atoms. The van der Waals surface area contributed by atoms with Gasteiger partial charge < -0.3 is 15.0 Å². The number of hydrogen-bond acceptors (Lipinski definition) is 6. The third-order valence-electron chi connectivity index (χ3n) is 3.82. The minimum absolute atomic E-state index is 0.0132. The lowest BCUT2D eigenvalue weighted by atomic mass is 10.2. The second-order valence-electron chi connectivity index (χ2n) is 5.50. The number of hydrogen-bond donors (Lipinski definition) is 2. The van der Waals surface area contributed by atoms with Crippen LogP contribution in [0.15, 0.2) is 58.8 Å². The molecule has 0 aliphatic heterocycles. The van der Waals surface area contributed by atoms with Crippen LogP contribution in [0.2, 0.25) is 0 Å².